The maximum atomic E-state index is 9.30. The molecule has 98 valence electrons. The minimum atomic E-state index is -0.610. The standard InChI is InChI=1S/C12H23N3O2/c1-4-12(8-16,9-17)13-7-11-5-6-15(14-11)10(2)3/h5-6,10,13,16-17H,4,7-9H2,1-3H3. The van der Waals surface area contributed by atoms with Crippen molar-refractivity contribution in [3.63, 3.8) is 0 Å². The van der Waals surface area contributed by atoms with Crippen molar-refractivity contribution >= 4 is 0 Å². The Morgan fingerprint density at radius 3 is 2.47 bits per heavy atom. The predicted octanol–water partition coefficient (Wildman–Crippen LogP) is 0.687. The number of aromatic nitrogens is 2. The van der Waals surface area contributed by atoms with Crippen LogP contribution in [0.25, 0.3) is 0 Å². The second-order valence-electron chi connectivity index (χ2n) is 4.68. The Morgan fingerprint density at radius 2 is 2.06 bits per heavy atom. The number of nitrogens with one attached hydrogen (secondary N) is 1. The molecule has 0 radical (unpaired) electrons. The first-order chi connectivity index (χ1) is 8.06. The summed E-state index contributed by atoms with van der Waals surface area (Å²) in [6.07, 6.45) is 2.61. The van der Waals surface area contributed by atoms with Crippen LogP contribution < -0.4 is 5.32 Å². The third-order valence-corrected chi connectivity index (χ3v) is 3.12. The molecule has 0 saturated carbocycles. The Hall–Kier alpha value is -0.910. The van der Waals surface area contributed by atoms with Crippen molar-refractivity contribution in [3.8, 4) is 0 Å². The van der Waals surface area contributed by atoms with Gasteiger partial charge in [0, 0.05) is 18.8 Å². The molecule has 0 spiro atoms. The Bertz CT molecular complexity index is 324. The van der Waals surface area contributed by atoms with Gasteiger partial charge < -0.3 is 15.5 Å². The van der Waals surface area contributed by atoms with Gasteiger partial charge in [-0.1, -0.05) is 6.92 Å². The van der Waals surface area contributed by atoms with Crippen molar-refractivity contribution in [2.75, 3.05) is 13.2 Å². The van der Waals surface area contributed by atoms with Crippen LogP contribution in [0.15, 0.2) is 12.3 Å². The lowest BCUT2D eigenvalue weighted by Gasteiger charge is -2.29. The lowest BCUT2D eigenvalue weighted by molar-refractivity contribution is 0.0860. The molecule has 1 heterocycles. The minimum Gasteiger partial charge on any atom is -0.394 e. The van der Waals surface area contributed by atoms with Gasteiger partial charge in [-0.3, -0.25) is 4.68 Å². The summed E-state index contributed by atoms with van der Waals surface area (Å²) in [6.45, 7) is 6.47. The van der Waals surface area contributed by atoms with Crippen molar-refractivity contribution in [3.05, 3.63) is 18.0 Å². The fourth-order valence-corrected chi connectivity index (χ4v) is 1.55. The molecular weight excluding hydrogens is 218 g/mol. The summed E-state index contributed by atoms with van der Waals surface area (Å²) in [4.78, 5) is 0. The summed E-state index contributed by atoms with van der Waals surface area (Å²) < 4.78 is 1.89. The molecule has 0 aliphatic rings. The van der Waals surface area contributed by atoms with Crippen molar-refractivity contribution < 1.29 is 10.2 Å². The van der Waals surface area contributed by atoms with Crippen LogP contribution in [0, 0.1) is 0 Å². The zero-order valence-corrected chi connectivity index (χ0v) is 10.8. The fraction of sp³-hybridized carbons (Fsp3) is 0.750. The smallest absolute Gasteiger partial charge is 0.0762 e. The minimum absolute atomic E-state index is 0.0785. The van der Waals surface area contributed by atoms with Crippen LogP contribution in [-0.2, 0) is 6.54 Å². The average Bonchev–Trinajstić information content (AvgIpc) is 2.81. The topological polar surface area (TPSA) is 70.3 Å². The maximum Gasteiger partial charge on any atom is 0.0762 e. The fourth-order valence-electron chi connectivity index (χ4n) is 1.55. The van der Waals surface area contributed by atoms with E-state index >= 15 is 0 Å². The van der Waals surface area contributed by atoms with E-state index in [0.717, 1.165) is 5.69 Å². The molecule has 5 nitrogen and oxygen atoms in total. The van der Waals surface area contributed by atoms with E-state index in [4.69, 9.17) is 0 Å². The van der Waals surface area contributed by atoms with Gasteiger partial charge in [-0.05, 0) is 26.3 Å². The highest BCUT2D eigenvalue weighted by atomic mass is 16.3. The summed E-state index contributed by atoms with van der Waals surface area (Å²) in [5.74, 6) is 0. The average molecular weight is 241 g/mol. The first kappa shape index (κ1) is 14.2. The van der Waals surface area contributed by atoms with Gasteiger partial charge in [-0.25, -0.2) is 0 Å². The van der Waals surface area contributed by atoms with E-state index < -0.39 is 5.54 Å². The van der Waals surface area contributed by atoms with Gasteiger partial charge in [0.05, 0.1) is 24.4 Å². The molecule has 0 aliphatic heterocycles. The van der Waals surface area contributed by atoms with Crippen LogP contribution in [-0.4, -0.2) is 38.7 Å². The van der Waals surface area contributed by atoms with Gasteiger partial charge in [0.2, 0.25) is 0 Å². The third-order valence-electron chi connectivity index (χ3n) is 3.12. The van der Waals surface area contributed by atoms with E-state index in [-0.39, 0.29) is 13.2 Å². The molecule has 0 fully saturated rings. The van der Waals surface area contributed by atoms with Gasteiger partial charge in [-0.2, -0.15) is 5.10 Å². The number of hydrogen-bond acceptors (Lipinski definition) is 4. The summed E-state index contributed by atoms with van der Waals surface area (Å²) in [5.41, 5.74) is 0.306. The first-order valence-electron chi connectivity index (χ1n) is 6.07. The van der Waals surface area contributed by atoms with Crippen molar-refractivity contribution in [1.82, 2.24) is 15.1 Å². The van der Waals surface area contributed by atoms with Crippen molar-refractivity contribution in [2.45, 2.75) is 45.3 Å². The molecule has 0 unspecified atom stereocenters. The summed E-state index contributed by atoms with van der Waals surface area (Å²) in [7, 11) is 0. The molecular formula is C12H23N3O2. The molecule has 0 saturated heterocycles. The van der Waals surface area contributed by atoms with Gasteiger partial charge in [-0.15, -0.1) is 0 Å². The van der Waals surface area contributed by atoms with Crippen LogP contribution in [0.5, 0.6) is 0 Å². The Kier molecular flexibility index (Phi) is 5.11. The lowest BCUT2D eigenvalue weighted by Crippen LogP contribution is -2.50. The van der Waals surface area contributed by atoms with E-state index in [9.17, 15) is 10.2 Å². The number of aliphatic hydroxyl groups excluding tert-OH is 2. The Labute approximate surface area is 102 Å². The van der Waals surface area contributed by atoms with Crippen molar-refractivity contribution in [1.29, 1.82) is 0 Å². The van der Waals surface area contributed by atoms with Crippen LogP contribution in [0.3, 0.4) is 0 Å². The third kappa shape index (κ3) is 3.52. The van der Waals surface area contributed by atoms with Gasteiger partial charge in [0.1, 0.15) is 0 Å². The molecule has 1 aromatic rings. The molecule has 0 aliphatic carbocycles. The Balaban J connectivity index is 2.59. The second kappa shape index (κ2) is 6.14. The number of aliphatic hydroxyl groups is 2. The van der Waals surface area contributed by atoms with Crippen LogP contribution in [0.1, 0.15) is 38.9 Å². The molecule has 1 rings (SSSR count). The molecule has 17 heavy (non-hydrogen) atoms. The predicted molar refractivity (Wildman–Crippen MR) is 66.6 cm³/mol. The van der Waals surface area contributed by atoms with E-state index in [0.29, 0.717) is 19.0 Å². The van der Waals surface area contributed by atoms with E-state index in [2.05, 4.69) is 24.3 Å². The lowest BCUT2D eigenvalue weighted by atomic mass is 9.98. The SMILES string of the molecule is CCC(CO)(CO)NCc1ccn(C(C)C)n1. The highest BCUT2D eigenvalue weighted by Crippen LogP contribution is 2.10. The zero-order chi connectivity index (χ0) is 12.9. The van der Waals surface area contributed by atoms with Gasteiger partial charge in [0.15, 0.2) is 0 Å². The summed E-state index contributed by atoms with van der Waals surface area (Å²) in [5, 5.41) is 26.2. The number of hydrogen-bond donors (Lipinski definition) is 3. The molecule has 5 heteroatoms. The second-order valence-corrected chi connectivity index (χ2v) is 4.68. The first-order valence-corrected chi connectivity index (χ1v) is 6.07. The molecule has 0 aromatic carbocycles. The summed E-state index contributed by atoms with van der Waals surface area (Å²) >= 11 is 0. The van der Waals surface area contributed by atoms with E-state index in [1.165, 1.54) is 0 Å². The highest BCUT2D eigenvalue weighted by molar-refractivity contribution is 5.01. The quantitative estimate of drug-likeness (QED) is 0.657. The molecule has 1 aromatic heterocycles. The summed E-state index contributed by atoms with van der Waals surface area (Å²) in [6, 6.07) is 2.29. The van der Waals surface area contributed by atoms with E-state index in [1.807, 2.05) is 23.9 Å². The van der Waals surface area contributed by atoms with Crippen LogP contribution in [0.2, 0.25) is 0 Å². The molecule has 0 bridgehead atoms. The number of rotatable bonds is 7. The van der Waals surface area contributed by atoms with E-state index in [1.54, 1.807) is 0 Å². The molecule has 0 amide bonds. The molecule has 3 N–H and O–H groups in total. The number of nitrogens with zero attached hydrogens (tertiary/aromatic N) is 2. The normalized spacial score (nSPS) is 12.4. The molecule has 0 atom stereocenters. The van der Waals surface area contributed by atoms with Gasteiger partial charge in [0.25, 0.3) is 0 Å². The van der Waals surface area contributed by atoms with Gasteiger partial charge >= 0.3 is 0 Å². The highest BCUT2D eigenvalue weighted by Gasteiger charge is 2.25. The van der Waals surface area contributed by atoms with Crippen molar-refractivity contribution in [2.24, 2.45) is 0 Å². The Morgan fingerprint density at radius 1 is 1.41 bits per heavy atom. The van der Waals surface area contributed by atoms with Crippen LogP contribution in [0.4, 0.5) is 0 Å². The maximum absolute atomic E-state index is 9.30. The monoisotopic (exact) mass is 241 g/mol. The van der Waals surface area contributed by atoms with Crippen LogP contribution >= 0.6 is 0 Å². The largest absolute Gasteiger partial charge is 0.394 e. The zero-order valence-electron chi connectivity index (χ0n) is 10.8.